The molecule has 1 heterocycles. The minimum Gasteiger partial charge on any atom is -0.487 e. The van der Waals surface area contributed by atoms with Crippen molar-refractivity contribution >= 4 is 0 Å². The lowest BCUT2D eigenvalue weighted by Crippen LogP contribution is -2.37. The first-order valence-corrected chi connectivity index (χ1v) is 13.1. The number of hydrogen-bond donors (Lipinski definition) is 0. The zero-order chi connectivity index (χ0) is 24.8. The molecule has 0 aliphatic carbocycles. The first kappa shape index (κ1) is 27.5. The van der Waals surface area contributed by atoms with Gasteiger partial charge in [-0.1, -0.05) is 61.8 Å². The fourth-order valence-electron chi connectivity index (χ4n) is 4.90. The lowest BCUT2D eigenvalue weighted by atomic mass is 9.79. The van der Waals surface area contributed by atoms with Gasteiger partial charge in [-0.15, -0.1) is 0 Å². The summed E-state index contributed by atoms with van der Waals surface area (Å²) in [5, 5.41) is 0. The molecule has 1 aromatic rings. The molecule has 1 heteroatoms. The molecule has 0 fully saturated rings. The molecule has 1 nitrogen and oxygen atoms in total. The van der Waals surface area contributed by atoms with Gasteiger partial charge in [-0.2, -0.15) is 0 Å². The molecule has 0 spiro atoms. The maximum atomic E-state index is 6.70. The van der Waals surface area contributed by atoms with Gasteiger partial charge in [0.15, 0.2) is 0 Å². The van der Waals surface area contributed by atoms with E-state index in [1.54, 1.807) is 0 Å². The van der Waals surface area contributed by atoms with E-state index in [-0.39, 0.29) is 11.0 Å². The van der Waals surface area contributed by atoms with E-state index in [0.717, 1.165) is 50.7 Å². The minimum atomic E-state index is -0.0638. The fraction of sp³-hybridized carbons (Fsp3) is 0.625. The van der Waals surface area contributed by atoms with Crippen molar-refractivity contribution in [2.45, 2.75) is 132 Å². The van der Waals surface area contributed by atoms with Crippen LogP contribution in [0.1, 0.15) is 123 Å². The molecule has 1 atom stereocenters. The third kappa shape index (κ3) is 8.20. The summed E-state index contributed by atoms with van der Waals surface area (Å²) >= 11 is 0. The molecule has 0 amide bonds. The molecule has 1 aliphatic rings. The highest BCUT2D eigenvalue weighted by atomic mass is 16.5. The van der Waals surface area contributed by atoms with Crippen molar-refractivity contribution in [3.8, 4) is 5.75 Å². The number of fused-ring (bicyclic) bond motifs is 1. The molecular weight excluding hydrogens is 400 g/mol. The van der Waals surface area contributed by atoms with Crippen LogP contribution in [-0.2, 0) is 11.8 Å². The number of aryl methyl sites for hydroxylation is 1. The molecular formula is C32H50O. The van der Waals surface area contributed by atoms with Crippen LogP contribution in [0.3, 0.4) is 0 Å². The first-order chi connectivity index (χ1) is 15.3. The molecule has 1 aliphatic heterocycles. The molecule has 1 aromatic carbocycles. The third-order valence-corrected chi connectivity index (χ3v) is 7.29. The van der Waals surface area contributed by atoms with E-state index < -0.39 is 0 Å². The predicted octanol–water partition coefficient (Wildman–Crippen LogP) is 9.88. The zero-order valence-corrected chi connectivity index (χ0v) is 23.4. The third-order valence-electron chi connectivity index (χ3n) is 7.29. The van der Waals surface area contributed by atoms with E-state index in [4.69, 9.17) is 4.74 Å². The number of allylic oxidation sites excluding steroid dienone is 6. The first-order valence-electron chi connectivity index (χ1n) is 13.1. The average molecular weight is 451 g/mol. The summed E-state index contributed by atoms with van der Waals surface area (Å²) < 4.78 is 6.70. The second-order valence-electron chi connectivity index (χ2n) is 12.0. The zero-order valence-electron chi connectivity index (χ0n) is 23.4. The molecule has 0 bridgehead atoms. The van der Waals surface area contributed by atoms with Crippen LogP contribution in [0.15, 0.2) is 41.0 Å². The summed E-state index contributed by atoms with van der Waals surface area (Å²) in [6.45, 7) is 22.7. The minimum absolute atomic E-state index is 0.0638. The van der Waals surface area contributed by atoms with E-state index in [0.29, 0.717) is 0 Å². The normalized spacial score (nSPS) is 19.2. The second kappa shape index (κ2) is 11.6. The Morgan fingerprint density at radius 1 is 0.909 bits per heavy atom. The SMILES string of the molecule is CC(C)=CCC/C(C)=C/CC/C(C)=C/CCC1(C)CCc2cc(C(C)(C)C)c(C)c(C)c2O1. The van der Waals surface area contributed by atoms with Gasteiger partial charge in [0.25, 0.3) is 0 Å². The van der Waals surface area contributed by atoms with Crippen LogP contribution >= 0.6 is 0 Å². The summed E-state index contributed by atoms with van der Waals surface area (Å²) in [7, 11) is 0. The maximum absolute atomic E-state index is 6.70. The van der Waals surface area contributed by atoms with Crippen molar-refractivity contribution in [2.24, 2.45) is 0 Å². The van der Waals surface area contributed by atoms with Crippen LogP contribution in [0, 0.1) is 13.8 Å². The molecule has 184 valence electrons. The Labute approximate surface area is 205 Å². The van der Waals surface area contributed by atoms with Crippen molar-refractivity contribution in [3.63, 3.8) is 0 Å². The van der Waals surface area contributed by atoms with Crippen LogP contribution < -0.4 is 4.74 Å². The highest BCUT2D eigenvalue weighted by molar-refractivity contribution is 5.52. The molecule has 1 unspecified atom stereocenters. The van der Waals surface area contributed by atoms with Crippen molar-refractivity contribution < 1.29 is 4.74 Å². The number of ether oxygens (including phenoxy) is 1. The quantitative estimate of drug-likeness (QED) is 0.340. The lowest BCUT2D eigenvalue weighted by Gasteiger charge is -2.38. The largest absolute Gasteiger partial charge is 0.487 e. The van der Waals surface area contributed by atoms with E-state index >= 15 is 0 Å². The van der Waals surface area contributed by atoms with Crippen molar-refractivity contribution in [3.05, 3.63) is 63.3 Å². The Morgan fingerprint density at radius 3 is 2.06 bits per heavy atom. The van der Waals surface area contributed by atoms with Gasteiger partial charge >= 0.3 is 0 Å². The van der Waals surface area contributed by atoms with Gasteiger partial charge in [0, 0.05) is 0 Å². The Kier molecular flexibility index (Phi) is 9.65. The molecule has 0 radical (unpaired) electrons. The number of hydrogen-bond acceptors (Lipinski definition) is 1. The smallest absolute Gasteiger partial charge is 0.126 e. The van der Waals surface area contributed by atoms with Crippen molar-refractivity contribution in [1.82, 2.24) is 0 Å². The Bertz CT molecular complexity index is 899. The predicted molar refractivity (Wildman–Crippen MR) is 147 cm³/mol. The number of benzene rings is 1. The molecule has 0 aromatic heterocycles. The van der Waals surface area contributed by atoms with Crippen LogP contribution in [-0.4, -0.2) is 5.60 Å². The lowest BCUT2D eigenvalue weighted by molar-refractivity contribution is 0.0561. The van der Waals surface area contributed by atoms with Crippen molar-refractivity contribution in [1.29, 1.82) is 0 Å². The summed E-state index contributed by atoms with van der Waals surface area (Å²) in [5.74, 6) is 1.16. The monoisotopic (exact) mass is 450 g/mol. The van der Waals surface area contributed by atoms with Gasteiger partial charge in [0.1, 0.15) is 11.4 Å². The second-order valence-corrected chi connectivity index (χ2v) is 12.0. The van der Waals surface area contributed by atoms with Crippen LogP contribution in [0.2, 0.25) is 0 Å². The Hall–Kier alpha value is -1.76. The molecule has 2 rings (SSSR count). The Morgan fingerprint density at radius 2 is 1.48 bits per heavy atom. The fourth-order valence-corrected chi connectivity index (χ4v) is 4.90. The summed E-state index contributed by atoms with van der Waals surface area (Å²) in [4.78, 5) is 0. The van der Waals surface area contributed by atoms with Crippen LogP contribution in [0.4, 0.5) is 0 Å². The van der Waals surface area contributed by atoms with Gasteiger partial charge in [0.05, 0.1) is 0 Å². The van der Waals surface area contributed by atoms with Gasteiger partial charge in [-0.25, -0.2) is 0 Å². The number of rotatable bonds is 9. The van der Waals surface area contributed by atoms with E-state index in [9.17, 15) is 0 Å². The Balaban J connectivity index is 1.92. The average Bonchev–Trinajstić information content (AvgIpc) is 2.70. The highest BCUT2D eigenvalue weighted by Gasteiger charge is 2.33. The molecule has 0 saturated heterocycles. The van der Waals surface area contributed by atoms with Gasteiger partial charge in [-0.3, -0.25) is 0 Å². The van der Waals surface area contributed by atoms with Crippen molar-refractivity contribution in [2.75, 3.05) is 0 Å². The van der Waals surface area contributed by atoms with Gasteiger partial charge in [0.2, 0.25) is 0 Å². The molecule has 0 saturated carbocycles. The highest BCUT2D eigenvalue weighted by Crippen LogP contribution is 2.42. The van der Waals surface area contributed by atoms with Crippen LogP contribution in [0.25, 0.3) is 0 Å². The van der Waals surface area contributed by atoms with E-state index in [1.807, 2.05) is 0 Å². The molecule has 0 N–H and O–H groups in total. The van der Waals surface area contributed by atoms with Gasteiger partial charge in [-0.05, 0) is 128 Å². The van der Waals surface area contributed by atoms with Gasteiger partial charge < -0.3 is 4.74 Å². The summed E-state index contributed by atoms with van der Waals surface area (Å²) in [6.07, 6.45) is 16.3. The summed E-state index contributed by atoms with van der Waals surface area (Å²) in [6, 6.07) is 2.41. The summed E-state index contributed by atoms with van der Waals surface area (Å²) in [5.41, 5.74) is 10.1. The van der Waals surface area contributed by atoms with E-state index in [2.05, 4.69) is 93.5 Å². The standard InChI is InChI=1S/C32H50O/c1-23(2)14-11-15-24(3)16-12-17-25(4)18-13-20-32(10)21-19-28-22-29(31(7,8)9)26(5)27(6)30(28)33-32/h14,16,18,22H,11-13,15,17,19-21H2,1-10H3/b24-16+,25-18+. The van der Waals surface area contributed by atoms with Crippen LogP contribution in [0.5, 0.6) is 5.75 Å². The van der Waals surface area contributed by atoms with E-state index in [1.165, 1.54) is 45.4 Å². The maximum Gasteiger partial charge on any atom is 0.126 e. The topological polar surface area (TPSA) is 9.23 Å². The molecule has 33 heavy (non-hydrogen) atoms.